The monoisotopic (exact) mass is 1870 g/mol. The number of nitrogens with zero attached hydrogens (tertiary/aromatic N) is 11. The van der Waals surface area contributed by atoms with Crippen LogP contribution in [0.1, 0.15) is 168 Å². The molecule has 9 rings (SSSR count). The molecule has 0 radical (unpaired) electrons. The van der Waals surface area contributed by atoms with Gasteiger partial charge >= 0.3 is 0 Å². The van der Waals surface area contributed by atoms with E-state index in [0.717, 1.165) is 38.5 Å². The van der Waals surface area contributed by atoms with Crippen molar-refractivity contribution in [2.45, 2.75) is 142 Å². The number of aliphatic hydroxyl groups is 5. The summed E-state index contributed by atoms with van der Waals surface area (Å²) in [5, 5.41) is 55.1. The van der Waals surface area contributed by atoms with E-state index in [1.165, 1.54) is 53.9 Å². The highest BCUT2D eigenvalue weighted by atomic mass is 16.3. The van der Waals surface area contributed by atoms with E-state index >= 15 is 43.2 Å². The molecule has 7 aromatic carbocycles. The van der Waals surface area contributed by atoms with Crippen molar-refractivity contribution < 1.29 is 83.1 Å². The van der Waals surface area contributed by atoms with E-state index in [1.807, 2.05) is 116 Å². The Morgan fingerprint density at radius 3 is 0.787 bits per heavy atom. The number of carbonyl (C=O) groups excluding carboxylic acids is 12. The van der Waals surface area contributed by atoms with Crippen LogP contribution in [0.25, 0.3) is 21.8 Å². The Kier molecular flexibility index (Phi) is 44.2. The third-order valence-electron chi connectivity index (χ3n) is 25.0. The number of carbonyl (C=O) groups is 12. The van der Waals surface area contributed by atoms with Gasteiger partial charge in [-0.15, -0.1) is 0 Å². The van der Waals surface area contributed by atoms with Crippen molar-refractivity contribution in [1.29, 1.82) is 0 Å². The summed E-state index contributed by atoms with van der Waals surface area (Å²) in [6.45, 7) is 1.03. The minimum atomic E-state index is -0.896. The SMILES string of the molecule is C[C@@H](c1ccccc1)N(CC(=O)N(CCCCO)CC(=O)N(CCc1c[nH]c2ccccc12)CC(=O)N(CCc1c[nH]c2ccccc12)CC(N)=O)C(=O)CN(CCCCO)C(=O)CN(CCCCO)C(=O)CN(C(=O)CN(C(=O)CN(CCCCO)C(=O)CN(C(=O)CN(C(=O)CNCCCCO)[C@@H](C)c1ccccc1)[C@@H](C)c1ccccc1)[C@@H](C)c1ccccc1)[C@@H](C)c1ccccc1. The Bertz CT molecular complexity index is 5270. The van der Waals surface area contributed by atoms with Gasteiger partial charge < -0.3 is 100 Å². The van der Waals surface area contributed by atoms with Gasteiger partial charge in [-0.1, -0.05) is 188 Å². The van der Waals surface area contributed by atoms with Gasteiger partial charge in [-0.05, 0) is 169 Å². The summed E-state index contributed by atoms with van der Waals surface area (Å²) < 4.78 is 0. The van der Waals surface area contributed by atoms with Crippen molar-refractivity contribution >= 4 is 92.7 Å². The second kappa shape index (κ2) is 56.4. The number of nitrogens with two attached hydrogens (primary N) is 1. The number of hydrogen-bond donors (Lipinski definition) is 9. The number of rotatable bonds is 60. The minimum absolute atomic E-state index is 0.0135. The average Bonchev–Trinajstić information content (AvgIpc) is 1.23. The van der Waals surface area contributed by atoms with Crippen LogP contribution >= 0.6 is 0 Å². The minimum Gasteiger partial charge on any atom is -0.396 e. The van der Waals surface area contributed by atoms with Crippen LogP contribution in [0.3, 0.4) is 0 Å². The third-order valence-corrected chi connectivity index (χ3v) is 25.0. The summed E-state index contributed by atoms with van der Waals surface area (Å²) in [4.78, 5) is 203. The number of aliphatic hydroxyl groups excluding tert-OH is 5. The van der Waals surface area contributed by atoms with Gasteiger partial charge in [-0.2, -0.15) is 0 Å². The quantitative estimate of drug-likeness (QED) is 0.0162. The summed E-state index contributed by atoms with van der Waals surface area (Å²) in [7, 11) is 0. The maximum Gasteiger partial charge on any atom is 0.243 e. The van der Waals surface area contributed by atoms with E-state index in [-0.39, 0.29) is 143 Å². The molecule has 0 saturated heterocycles. The molecular weight excluding hydrogens is 1730 g/mol. The number of nitrogens with one attached hydrogen (secondary N) is 3. The number of amides is 12. The molecule has 0 unspecified atom stereocenters. The molecule has 5 atom stereocenters. The van der Waals surface area contributed by atoms with Crippen LogP contribution in [-0.2, 0) is 70.4 Å². The summed E-state index contributed by atoms with van der Waals surface area (Å²) in [6, 6.07) is 56.1. The lowest BCUT2D eigenvalue weighted by molar-refractivity contribution is -0.151. The van der Waals surface area contributed by atoms with Crippen molar-refractivity contribution in [3.63, 3.8) is 0 Å². The molecular formula is C104H137N15O17. The maximum absolute atomic E-state index is 15.9. The molecule has 136 heavy (non-hydrogen) atoms. The molecule has 32 nitrogen and oxygen atoms in total. The van der Waals surface area contributed by atoms with Crippen molar-refractivity contribution in [2.24, 2.45) is 5.73 Å². The molecule has 0 fully saturated rings. The van der Waals surface area contributed by atoms with Crippen LogP contribution in [0, 0.1) is 0 Å². The van der Waals surface area contributed by atoms with Crippen molar-refractivity contribution in [3.05, 3.63) is 252 Å². The molecule has 0 spiro atoms. The van der Waals surface area contributed by atoms with E-state index < -0.39 is 167 Å². The topological polar surface area (TPSA) is 411 Å². The molecule has 2 heterocycles. The van der Waals surface area contributed by atoms with Crippen LogP contribution in [0.15, 0.2) is 213 Å². The molecule has 0 saturated carbocycles. The van der Waals surface area contributed by atoms with Gasteiger partial charge in [0, 0.05) is 107 Å². The van der Waals surface area contributed by atoms with Gasteiger partial charge in [-0.25, -0.2) is 0 Å². The number of para-hydroxylation sites is 2. The van der Waals surface area contributed by atoms with Gasteiger partial charge in [0.2, 0.25) is 70.9 Å². The van der Waals surface area contributed by atoms with Crippen LogP contribution in [0.5, 0.6) is 0 Å². The number of hydrogen-bond acceptors (Lipinski definition) is 18. The van der Waals surface area contributed by atoms with Crippen LogP contribution in [0.2, 0.25) is 0 Å². The number of H-pyrrole nitrogens is 2. The van der Waals surface area contributed by atoms with Gasteiger partial charge in [0.1, 0.15) is 32.7 Å². The van der Waals surface area contributed by atoms with E-state index in [1.54, 1.807) is 131 Å². The van der Waals surface area contributed by atoms with E-state index in [2.05, 4.69) is 15.3 Å². The molecule has 730 valence electrons. The summed E-state index contributed by atoms with van der Waals surface area (Å²) in [5.41, 5.74) is 12.5. The average molecular weight is 1870 g/mol. The zero-order valence-corrected chi connectivity index (χ0v) is 79.2. The Balaban J connectivity index is 0.987. The first-order valence-electron chi connectivity index (χ1n) is 47.3. The van der Waals surface area contributed by atoms with Gasteiger partial charge in [0.05, 0.1) is 76.0 Å². The fraction of sp³-hybridized carbons (Fsp3) is 0.442. The molecule has 0 aliphatic rings. The number of primary amides is 1. The first kappa shape index (κ1) is 107. The summed E-state index contributed by atoms with van der Waals surface area (Å²) in [5.74, 6) is -7.92. The molecule has 0 aliphatic carbocycles. The Hall–Kier alpha value is -13.0. The predicted molar refractivity (Wildman–Crippen MR) is 520 cm³/mol. The van der Waals surface area contributed by atoms with E-state index in [9.17, 15) is 39.9 Å². The second-order valence-electron chi connectivity index (χ2n) is 34.4. The lowest BCUT2D eigenvalue weighted by Gasteiger charge is -2.37. The fourth-order valence-electron chi connectivity index (χ4n) is 16.7. The standard InChI is InChI=1S/C104H137N15O17/c1-77(82-35-11-6-12-36-82)115(94(126)65-106-51-25-30-58-120)75-103(135)117(79(3)84-39-15-8-16-40-84)74-100(132)112(55-29-34-62-124)71-102(134)119(81(5)86-43-19-10-20-44-86)76-104(136)118(80(4)85-41-17-9-18-42-85)73-99(131)109(52-26-31-59-121)67-95(127)111(54-28-33-61-123)70-101(133)116(78(2)83-37-13-7-14-38-83)72-98(130)110(53-27-32-60-122)68-97(129)114(57-50-88-64-108-92-48-24-22-46-90(88)92)69-96(128)113(66-93(105)125)56-49-87-63-107-91-47-23-21-45-89(87)91/h6-24,35-48,63-64,77-81,106-108,120-124H,25-34,49-62,65-76H2,1-5H3,(H2,105,125)/t77-,78-,79-,80-,81-/m0/s1. The lowest BCUT2D eigenvalue weighted by atomic mass is 10.0. The highest BCUT2D eigenvalue weighted by Gasteiger charge is 2.38. The number of benzene rings is 7. The lowest BCUT2D eigenvalue weighted by Crippen LogP contribution is -2.53. The highest BCUT2D eigenvalue weighted by Crippen LogP contribution is 2.30. The zero-order valence-electron chi connectivity index (χ0n) is 79.2. The van der Waals surface area contributed by atoms with Crippen LogP contribution in [0.4, 0.5) is 0 Å². The molecule has 32 heteroatoms. The molecule has 0 bridgehead atoms. The van der Waals surface area contributed by atoms with Gasteiger partial charge in [0.25, 0.3) is 0 Å². The number of fused-ring (bicyclic) bond motifs is 2. The van der Waals surface area contributed by atoms with Crippen molar-refractivity contribution in [2.75, 3.05) is 157 Å². The van der Waals surface area contributed by atoms with Gasteiger partial charge in [0.15, 0.2) is 0 Å². The summed E-state index contributed by atoms with van der Waals surface area (Å²) in [6.07, 6.45) is 6.96. The molecule has 0 aliphatic heterocycles. The van der Waals surface area contributed by atoms with Crippen molar-refractivity contribution in [3.8, 4) is 0 Å². The molecule has 12 amide bonds. The van der Waals surface area contributed by atoms with Crippen molar-refractivity contribution in [1.82, 2.24) is 69.2 Å². The normalized spacial score (nSPS) is 12.3. The zero-order chi connectivity index (χ0) is 97.8. The highest BCUT2D eigenvalue weighted by molar-refractivity contribution is 5.96. The third kappa shape index (κ3) is 32.4. The maximum atomic E-state index is 15.9. The number of aromatic nitrogens is 2. The first-order valence-corrected chi connectivity index (χ1v) is 47.3. The first-order chi connectivity index (χ1) is 65.8. The van der Waals surface area contributed by atoms with E-state index in [0.29, 0.717) is 48.1 Å². The van der Waals surface area contributed by atoms with Crippen LogP contribution in [-0.4, -0.2) is 318 Å². The Morgan fingerprint density at radius 2 is 0.500 bits per heavy atom. The smallest absolute Gasteiger partial charge is 0.243 e. The Morgan fingerprint density at radius 1 is 0.272 bits per heavy atom. The molecule has 10 N–H and O–H groups in total. The molecule has 9 aromatic rings. The molecule has 2 aromatic heterocycles. The second-order valence-corrected chi connectivity index (χ2v) is 34.4. The largest absolute Gasteiger partial charge is 0.396 e. The number of aromatic amines is 2. The predicted octanol–water partition coefficient (Wildman–Crippen LogP) is 8.29. The van der Waals surface area contributed by atoms with E-state index in [4.69, 9.17) is 5.73 Å². The van der Waals surface area contributed by atoms with Crippen LogP contribution < -0.4 is 11.1 Å². The van der Waals surface area contributed by atoms with Gasteiger partial charge in [-0.3, -0.25) is 57.5 Å². The fourth-order valence-corrected chi connectivity index (χ4v) is 16.7. The Labute approximate surface area is 797 Å². The number of unbranched alkanes of at least 4 members (excludes halogenated alkanes) is 5. The summed E-state index contributed by atoms with van der Waals surface area (Å²) >= 11 is 0.